The molecule has 2 aliphatic rings. The monoisotopic (exact) mass is 287 g/mol. The normalized spacial score (nSPS) is 17.9. The van der Waals surface area contributed by atoms with Gasteiger partial charge < -0.3 is 9.64 Å². The van der Waals surface area contributed by atoms with E-state index in [4.69, 9.17) is 16.3 Å². The van der Waals surface area contributed by atoms with Gasteiger partial charge in [-0.2, -0.15) is 0 Å². The smallest absolute Gasteiger partial charge is 0.138 e. The summed E-state index contributed by atoms with van der Waals surface area (Å²) >= 11 is 6.08. The van der Waals surface area contributed by atoms with Gasteiger partial charge in [0, 0.05) is 42.9 Å². The molecule has 0 atom stereocenters. The molecule has 0 aromatic carbocycles. The summed E-state index contributed by atoms with van der Waals surface area (Å²) in [4.78, 5) is 11.2. The summed E-state index contributed by atoms with van der Waals surface area (Å²) in [5.41, 5.74) is 2.28. The highest BCUT2D eigenvalue weighted by molar-refractivity contribution is 6.30. The van der Waals surface area contributed by atoms with E-state index in [9.17, 15) is 0 Å². The van der Waals surface area contributed by atoms with Gasteiger partial charge in [-0.25, -0.2) is 9.97 Å². The summed E-state index contributed by atoms with van der Waals surface area (Å²) in [6, 6.07) is 1.93. The number of halogens is 1. The van der Waals surface area contributed by atoms with Crippen LogP contribution >= 0.6 is 11.6 Å². The molecule has 1 saturated heterocycles. The molecule has 0 bridgehead atoms. The van der Waals surface area contributed by atoms with Crippen LogP contribution in [0.5, 0.6) is 0 Å². The third-order valence-electron chi connectivity index (χ3n) is 3.93. The van der Waals surface area contributed by atoms with Crippen LogP contribution in [-0.2, 0) is 4.74 Å². The Bertz CT molecular complexity index is 710. The zero-order chi connectivity index (χ0) is 13.5. The second-order valence-electron chi connectivity index (χ2n) is 5.15. The number of fused-ring (bicyclic) bond motifs is 1. The minimum absolute atomic E-state index is 0.513. The Morgan fingerprint density at radius 2 is 2.05 bits per heavy atom. The second-order valence-corrected chi connectivity index (χ2v) is 5.54. The predicted octanol–water partition coefficient (Wildman–Crippen LogP) is 3.25. The molecule has 20 heavy (non-hydrogen) atoms. The Morgan fingerprint density at radius 1 is 1.15 bits per heavy atom. The summed E-state index contributed by atoms with van der Waals surface area (Å²) < 4.78 is 5.35. The summed E-state index contributed by atoms with van der Waals surface area (Å²) in [5.74, 6) is 1.01. The molecule has 2 aliphatic heterocycles. The summed E-state index contributed by atoms with van der Waals surface area (Å²) in [7, 11) is 0. The van der Waals surface area contributed by atoms with Crippen molar-refractivity contribution in [1.82, 2.24) is 9.97 Å². The quantitative estimate of drug-likeness (QED) is 0.795. The molecule has 5 heteroatoms. The molecule has 0 saturated carbocycles. The highest BCUT2D eigenvalue weighted by Crippen LogP contribution is 2.35. The molecule has 2 aromatic rings. The van der Waals surface area contributed by atoms with Gasteiger partial charge in [0.05, 0.1) is 12.9 Å². The van der Waals surface area contributed by atoms with Crippen LogP contribution in [0.25, 0.3) is 16.3 Å². The van der Waals surface area contributed by atoms with Crippen molar-refractivity contribution in [1.29, 1.82) is 0 Å². The molecule has 0 unspecified atom stereocenters. The van der Waals surface area contributed by atoms with Crippen molar-refractivity contribution >= 4 is 33.8 Å². The molecule has 0 radical (unpaired) electrons. The first kappa shape index (κ1) is 12.0. The zero-order valence-corrected chi connectivity index (χ0v) is 11.7. The van der Waals surface area contributed by atoms with Crippen LogP contribution in [0.15, 0.2) is 24.7 Å². The van der Waals surface area contributed by atoms with Gasteiger partial charge >= 0.3 is 0 Å². The first-order chi connectivity index (χ1) is 9.83. The fourth-order valence-corrected chi connectivity index (χ4v) is 2.87. The molecular weight excluding hydrogens is 274 g/mol. The molecule has 0 aliphatic carbocycles. The van der Waals surface area contributed by atoms with Crippen LogP contribution < -0.4 is 4.90 Å². The Balaban J connectivity index is 1.94. The lowest BCUT2D eigenvalue weighted by molar-refractivity contribution is 0.281. The molecular formula is C15H14ClN3O. The number of pyridine rings is 2. The van der Waals surface area contributed by atoms with Gasteiger partial charge in [-0.3, -0.25) is 0 Å². The fourth-order valence-electron chi connectivity index (χ4n) is 2.72. The Kier molecular flexibility index (Phi) is 2.77. The fraction of sp³-hybridized carbons (Fsp3) is 0.333. The van der Waals surface area contributed by atoms with Gasteiger partial charge in [0.15, 0.2) is 0 Å². The first-order valence-corrected chi connectivity index (χ1v) is 7.21. The lowest BCUT2D eigenvalue weighted by Gasteiger charge is -2.33. The minimum Gasteiger partial charge on any atom is -0.501 e. The molecule has 4 heterocycles. The molecule has 0 spiro atoms. The van der Waals surface area contributed by atoms with Gasteiger partial charge in [-0.15, -0.1) is 0 Å². The van der Waals surface area contributed by atoms with E-state index in [1.54, 1.807) is 0 Å². The molecule has 2 aromatic heterocycles. The van der Waals surface area contributed by atoms with Crippen molar-refractivity contribution in [2.24, 2.45) is 0 Å². The zero-order valence-electron chi connectivity index (χ0n) is 11.0. The SMILES string of the molecule is Clc1cc2c(C3=COCC3)cnc(N3CCC3)c2cn1. The van der Waals surface area contributed by atoms with Crippen LogP contribution in [-0.4, -0.2) is 29.7 Å². The Hall–Kier alpha value is -1.81. The summed E-state index contributed by atoms with van der Waals surface area (Å²) in [6.45, 7) is 2.87. The van der Waals surface area contributed by atoms with E-state index in [2.05, 4.69) is 14.9 Å². The van der Waals surface area contributed by atoms with Crippen LogP contribution in [0.1, 0.15) is 18.4 Å². The van der Waals surface area contributed by atoms with Crippen LogP contribution in [0.4, 0.5) is 5.82 Å². The topological polar surface area (TPSA) is 38.2 Å². The largest absolute Gasteiger partial charge is 0.501 e. The van der Waals surface area contributed by atoms with Gasteiger partial charge in [-0.05, 0) is 23.4 Å². The third-order valence-corrected chi connectivity index (χ3v) is 4.14. The van der Waals surface area contributed by atoms with Crippen molar-refractivity contribution in [2.75, 3.05) is 24.6 Å². The van der Waals surface area contributed by atoms with Crippen molar-refractivity contribution in [2.45, 2.75) is 12.8 Å². The maximum absolute atomic E-state index is 6.08. The van der Waals surface area contributed by atoms with E-state index in [0.29, 0.717) is 5.15 Å². The molecule has 102 valence electrons. The Labute approximate surface area is 122 Å². The van der Waals surface area contributed by atoms with Gasteiger partial charge in [-0.1, -0.05) is 11.6 Å². The lowest BCUT2D eigenvalue weighted by Crippen LogP contribution is -2.37. The minimum atomic E-state index is 0.513. The number of aromatic nitrogens is 2. The van der Waals surface area contributed by atoms with Crippen LogP contribution in [0, 0.1) is 0 Å². The lowest BCUT2D eigenvalue weighted by atomic mass is 10.0. The predicted molar refractivity (Wildman–Crippen MR) is 79.9 cm³/mol. The van der Waals surface area contributed by atoms with E-state index in [-0.39, 0.29) is 0 Å². The van der Waals surface area contributed by atoms with E-state index in [0.717, 1.165) is 48.3 Å². The molecule has 0 amide bonds. The van der Waals surface area contributed by atoms with Gasteiger partial charge in [0.1, 0.15) is 11.0 Å². The summed E-state index contributed by atoms with van der Waals surface area (Å²) in [6.07, 6.45) is 7.74. The summed E-state index contributed by atoms with van der Waals surface area (Å²) in [5, 5.41) is 2.69. The van der Waals surface area contributed by atoms with Crippen molar-refractivity contribution in [3.8, 4) is 0 Å². The standard InChI is InChI=1S/C15H14ClN3O/c16-14-6-11-12(10-2-5-20-9-10)7-18-15(13(11)8-17-14)19-3-1-4-19/h6-9H,1-5H2. The molecule has 0 N–H and O–H groups in total. The van der Waals surface area contributed by atoms with E-state index < -0.39 is 0 Å². The molecule has 4 nitrogen and oxygen atoms in total. The van der Waals surface area contributed by atoms with Crippen molar-refractivity contribution in [3.05, 3.63) is 35.4 Å². The van der Waals surface area contributed by atoms with E-state index >= 15 is 0 Å². The first-order valence-electron chi connectivity index (χ1n) is 6.83. The van der Waals surface area contributed by atoms with E-state index in [1.165, 1.54) is 12.0 Å². The molecule has 1 fully saturated rings. The number of anilines is 1. The number of ether oxygens (including phenoxy) is 1. The van der Waals surface area contributed by atoms with Gasteiger partial charge in [0.2, 0.25) is 0 Å². The number of nitrogens with zero attached hydrogens (tertiary/aromatic N) is 3. The second kappa shape index (κ2) is 4.63. The number of hydrogen-bond donors (Lipinski definition) is 0. The maximum atomic E-state index is 6.08. The van der Waals surface area contributed by atoms with Crippen LogP contribution in [0.2, 0.25) is 5.15 Å². The highest BCUT2D eigenvalue weighted by atomic mass is 35.5. The third kappa shape index (κ3) is 1.83. The number of hydrogen-bond acceptors (Lipinski definition) is 4. The highest BCUT2D eigenvalue weighted by Gasteiger charge is 2.21. The number of rotatable bonds is 2. The molecule has 4 rings (SSSR count). The van der Waals surface area contributed by atoms with Crippen LogP contribution in [0.3, 0.4) is 0 Å². The van der Waals surface area contributed by atoms with Crippen molar-refractivity contribution < 1.29 is 4.74 Å². The van der Waals surface area contributed by atoms with E-state index in [1.807, 2.05) is 24.7 Å². The Morgan fingerprint density at radius 3 is 2.75 bits per heavy atom. The average molecular weight is 288 g/mol. The maximum Gasteiger partial charge on any atom is 0.138 e. The van der Waals surface area contributed by atoms with Gasteiger partial charge in [0.25, 0.3) is 0 Å². The van der Waals surface area contributed by atoms with Crippen molar-refractivity contribution in [3.63, 3.8) is 0 Å². The average Bonchev–Trinajstić information content (AvgIpc) is 2.90.